The van der Waals surface area contributed by atoms with Crippen molar-refractivity contribution >= 4 is 23.4 Å². The molecule has 3 aliphatic heterocycles. The number of hydrogen-bond acceptors (Lipinski definition) is 12. The predicted molar refractivity (Wildman–Crippen MR) is 213 cm³/mol. The quantitative estimate of drug-likeness (QED) is 0.185. The first-order valence-electron chi connectivity index (χ1n) is 20.9. The zero-order valence-electron chi connectivity index (χ0n) is 35.4. The lowest BCUT2D eigenvalue weighted by molar-refractivity contribution is -0.302. The number of rotatable bonds is 7. The molecule has 0 aromatic rings. The molecule has 0 radical (unpaired) electrons. The number of ketones is 2. The van der Waals surface area contributed by atoms with Gasteiger partial charge in [0.2, 0.25) is 5.79 Å². The number of cyclic esters (lactones) is 1. The van der Waals surface area contributed by atoms with E-state index in [4.69, 9.17) is 23.7 Å². The number of aliphatic hydroxyl groups excluding tert-OH is 2. The van der Waals surface area contributed by atoms with E-state index in [2.05, 4.69) is 13.5 Å². The van der Waals surface area contributed by atoms with E-state index in [-0.39, 0.29) is 55.4 Å². The highest BCUT2D eigenvalue weighted by Gasteiger charge is 2.56. The fourth-order valence-electron chi connectivity index (χ4n) is 9.44. The van der Waals surface area contributed by atoms with Gasteiger partial charge in [0.1, 0.15) is 18.2 Å². The van der Waals surface area contributed by atoms with Crippen molar-refractivity contribution in [1.29, 1.82) is 0 Å². The molecule has 2 bridgehead atoms. The van der Waals surface area contributed by atoms with Gasteiger partial charge in [-0.15, -0.1) is 6.58 Å². The lowest BCUT2D eigenvalue weighted by atomic mass is 9.81. The number of methoxy groups -OCH3 is 3. The number of Topliss-reactive ketones (excluding diaryl/α,β-unsaturated/α-hetero) is 2. The molecule has 0 aromatic carbocycles. The number of carbonyl (C=O) groups excluding carboxylic acids is 4. The highest BCUT2D eigenvalue weighted by molar-refractivity contribution is 6.39. The maximum atomic E-state index is 14.3. The van der Waals surface area contributed by atoms with Crippen molar-refractivity contribution in [3.63, 3.8) is 0 Å². The van der Waals surface area contributed by atoms with Crippen molar-refractivity contribution in [3.05, 3.63) is 36.0 Å². The van der Waals surface area contributed by atoms with Gasteiger partial charge in [-0.1, -0.05) is 45.9 Å². The van der Waals surface area contributed by atoms with Crippen LogP contribution >= 0.6 is 0 Å². The predicted octanol–water partition coefficient (Wildman–Crippen LogP) is 4.64. The van der Waals surface area contributed by atoms with Gasteiger partial charge in [0.15, 0.2) is 5.78 Å². The molecule has 3 N–H and O–H groups in total. The van der Waals surface area contributed by atoms with E-state index in [9.17, 15) is 34.5 Å². The van der Waals surface area contributed by atoms with Crippen LogP contribution in [0.25, 0.3) is 0 Å². The Morgan fingerprint density at radius 1 is 0.912 bits per heavy atom. The summed E-state index contributed by atoms with van der Waals surface area (Å²) in [7, 11) is 4.61. The summed E-state index contributed by atoms with van der Waals surface area (Å²) in [4.78, 5) is 57.8. The molecule has 1 saturated carbocycles. The Bertz CT molecular complexity index is 1480. The van der Waals surface area contributed by atoms with E-state index >= 15 is 0 Å². The van der Waals surface area contributed by atoms with Gasteiger partial charge >= 0.3 is 5.97 Å². The van der Waals surface area contributed by atoms with Gasteiger partial charge in [-0.05, 0) is 100 Å². The largest absolute Gasteiger partial charge is 0.456 e. The summed E-state index contributed by atoms with van der Waals surface area (Å²) in [5.41, 5.74) is 1.18. The molecule has 4 aliphatic rings. The minimum atomic E-state index is -2.51. The second-order valence-electron chi connectivity index (χ2n) is 17.3. The minimum absolute atomic E-state index is 0.0120. The SMILES string of the molecule is C=CCC1=CC(C)C[C@@H](C)C[C@H](OC)[C@H]2O[C@@](O)(C(=O)C(=O)N3CCCCC3C(=O)O[C@H](C(C)=C[C@@H]3CC[C@@H](O)[C@H](OC)C3)[C@H](C)[C@@H](O)CC1=O)[C@H](C)C[C@@H]2OC. The number of amides is 1. The van der Waals surface area contributed by atoms with E-state index in [1.165, 1.54) is 19.1 Å². The number of carbonyl (C=O) groups is 4. The Morgan fingerprint density at radius 2 is 1.58 bits per heavy atom. The second kappa shape index (κ2) is 21.0. The third-order valence-corrected chi connectivity index (χ3v) is 12.8. The first kappa shape index (κ1) is 46.9. The van der Waals surface area contributed by atoms with Crippen molar-refractivity contribution < 1.29 is 58.2 Å². The van der Waals surface area contributed by atoms with Crippen LogP contribution in [0.15, 0.2) is 36.0 Å². The molecule has 13 nitrogen and oxygen atoms in total. The average molecular weight is 804 g/mol. The van der Waals surface area contributed by atoms with E-state index in [0.29, 0.717) is 62.5 Å². The van der Waals surface area contributed by atoms with Crippen LogP contribution in [0.3, 0.4) is 0 Å². The first-order valence-corrected chi connectivity index (χ1v) is 20.9. The van der Waals surface area contributed by atoms with Crippen molar-refractivity contribution in [2.24, 2.45) is 29.6 Å². The van der Waals surface area contributed by atoms with Gasteiger partial charge in [-0.2, -0.15) is 0 Å². The Labute approximate surface area is 339 Å². The highest BCUT2D eigenvalue weighted by Crippen LogP contribution is 2.39. The van der Waals surface area contributed by atoms with Gasteiger partial charge in [-0.3, -0.25) is 14.4 Å². The number of ether oxygens (including phenoxy) is 5. The number of aliphatic hydroxyl groups is 3. The van der Waals surface area contributed by atoms with Crippen LogP contribution in [0.4, 0.5) is 0 Å². The van der Waals surface area contributed by atoms with Crippen molar-refractivity contribution in [2.75, 3.05) is 27.9 Å². The molecule has 57 heavy (non-hydrogen) atoms. The van der Waals surface area contributed by atoms with Crippen LogP contribution in [0.1, 0.15) is 105 Å². The molecule has 14 atom stereocenters. The molecule has 0 spiro atoms. The number of hydrogen-bond donors (Lipinski definition) is 3. The van der Waals surface area contributed by atoms with E-state index in [1.807, 2.05) is 26.0 Å². The maximum Gasteiger partial charge on any atom is 0.329 e. The third kappa shape index (κ3) is 11.3. The molecule has 1 amide bonds. The van der Waals surface area contributed by atoms with E-state index in [1.54, 1.807) is 27.0 Å². The molecule has 4 rings (SSSR count). The molecule has 3 fully saturated rings. The monoisotopic (exact) mass is 803 g/mol. The zero-order valence-corrected chi connectivity index (χ0v) is 35.4. The molecule has 322 valence electrons. The topological polar surface area (TPSA) is 178 Å². The summed E-state index contributed by atoms with van der Waals surface area (Å²) in [6.45, 7) is 13.2. The summed E-state index contributed by atoms with van der Waals surface area (Å²) in [5, 5.41) is 34.1. The number of allylic oxidation sites excluding steroid dienone is 4. The Hall–Kier alpha value is -2.78. The minimum Gasteiger partial charge on any atom is -0.456 e. The van der Waals surface area contributed by atoms with E-state index in [0.717, 1.165) is 0 Å². The molecule has 3 heterocycles. The Kier molecular flexibility index (Phi) is 17.2. The zero-order chi connectivity index (χ0) is 42.2. The van der Waals surface area contributed by atoms with Crippen molar-refractivity contribution in [3.8, 4) is 0 Å². The standard InChI is InChI=1S/C44H69NO12/c1-10-13-31-19-25(2)18-26(3)20-37(54-8)40-38(55-9)22-28(5)44(52,57-40)41(49)42(50)45-17-12-11-14-32(45)43(51)56-39(29(6)34(47)24-35(31)48)27(4)21-30-15-16-33(46)36(23-30)53-7/h10,19,21,25-26,28-30,32-34,36-40,46-47,52H,1,11-18,20,22-24H2,2-9H3/t25?,26-,28-,29-,30+,32?,33-,34+,36-,37+,38+,39-,40-,44-/m1/s1. The van der Waals surface area contributed by atoms with Crippen LogP contribution in [0, 0.1) is 29.6 Å². The van der Waals surface area contributed by atoms with Crippen LogP contribution < -0.4 is 0 Å². The van der Waals surface area contributed by atoms with Crippen LogP contribution in [0.5, 0.6) is 0 Å². The smallest absolute Gasteiger partial charge is 0.329 e. The third-order valence-electron chi connectivity index (χ3n) is 12.8. The number of fused-ring (bicyclic) bond motifs is 3. The molecule has 2 saturated heterocycles. The lowest BCUT2D eigenvalue weighted by Gasteiger charge is -2.47. The average Bonchev–Trinajstić information content (AvgIpc) is 3.18. The number of nitrogens with zero attached hydrogens (tertiary/aromatic N) is 1. The van der Waals surface area contributed by atoms with Crippen molar-refractivity contribution in [1.82, 2.24) is 4.90 Å². The fourth-order valence-corrected chi connectivity index (χ4v) is 9.44. The van der Waals surface area contributed by atoms with Gasteiger partial charge in [-0.25, -0.2) is 4.79 Å². The van der Waals surface area contributed by atoms with Gasteiger partial charge < -0.3 is 43.9 Å². The highest BCUT2D eigenvalue weighted by atomic mass is 16.7. The molecule has 1 aliphatic carbocycles. The fraction of sp³-hybridized carbons (Fsp3) is 0.773. The summed E-state index contributed by atoms with van der Waals surface area (Å²) >= 11 is 0. The van der Waals surface area contributed by atoms with Gasteiger partial charge in [0, 0.05) is 46.1 Å². The molecular weight excluding hydrogens is 734 g/mol. The van der Waals surface area contributed by atoms with E-state index < -0.39 is 77.9 Å². The first-order chi connectivity index (χ1) is 27.0. The van der Waals surface area contributed by atoms with Crippen LogP contribution in [-0.4, -0.2) is 126 Å². The van der Waals surface area contributed by atoms with Crippen molar-refractivity contribution in [2.45, 2.75) is 160 Å². The molecule has 13 heteroatoms. The second-order valence-corrected chi connectivity index (χ2v) is 17.3. The van der Waals surface area contributed by atoms with Gasteiger partial charge in [0.05, 0.1) is 30.5 Å². The Morgan fingerprint density at radius 3 is 2.23 bits per heavy atom. The lowest BCUT2D eigenvalue weighted by Crippen LogP contribution is -2.64. The number of esters is 1. The summed E-state index contributed by atoms with van der Waals surface area (Å²) in [6, 6.07) is -1.14. The maximum absolute atomic E-state index is 14.3. The summed E-state index contributed by atoms with van der Waals surface area (Å²) in [5.74, 6) is -7.32. The summed E-state index contributed by atoms with van der Waals surface area (Å²) in [6.07, 6.45) is 4.89. The molecule has 0 aromatic heterocycles. The Balaban J connectivity index is 1.78. The van der Waals surface area contributed by atoms with Gasteiger partial charge in [0.25, 0.3) is 11.7 Å². The van der Waals surface area contributed by atoms with Crippen LogP contribution in [0.2, 0.25) is 0 Å². The number of piperidine rings is 1. The van der Waals surface area contributed by atoms with Crippen LogP contribution in [-0.2, 0) is 42.9 Å². The normalized spacial score (nSPS) is 40.1. The summed E-state index contributed by atoms with van der Waals surface area (Å²) < 4.78 is 29.8. The molecule has 2 unspecified atom stereocenters. The molecular formula is C44H69NO12.